The van der Waals surface area contributed by atoms with Crippen LogP contribution in [0.15, 0.2) is 122 Å². The molecule has 0 aliphatic rings. The number of phosphoric acid groups is 2. The molecule has 16 nitrogen and oxygen atoms in total. The summed E-state index contributed by atoms with van der Waals surface area (Å²) in [6.45, 7) is 2.59. The molecule has 0 heterocycles. The molecular weight excluding hydrogens is 1410 g/mol. The molecule has 630 valence electrons. The van der Waals surface area contributed by atoms with Crippen molar-refractivity contribution in [3.05, 3.63) is 122 Å². The summed E-state index contributed by atoms with van der Waals surface area (Å²) < 4.78 is 61.3. The Labute approximate surface area is 665 Å². The highest BCUT2D eigenvalue weighted by atomic mass is 31.2. The largest absolute Gasteiger partial charge is 0.472 e. The smallest absolute Gasteiger partial charge is 0.463 e. The first-order chi connectivity index (χ1) is 53.2. The van der Waals surface area contributed by atoms with E-state index in [1.54, 1.807) is 0 Å². The molecule has 0 rings (SSSR count). The van der Waals surface area contributed by atoms with Crippen LogP contribution in [0.2, 0.25) is 0 Å². The number of unbranched alkanes of at least 4 members (excludes halogenated alkanes) is 40. The van der Waals surface area contributed by atoms with Gasteiger partial charge in [0.05, 0.1) is 26.4 Å². The second-order valence-corrected chi connectivity index (χ2v) is 32.2. The quantitative estimate of drug-likeness (QED) is 0.0146. The Kier molecular flexibility index (Phi) is 80.3. The Morgan fingerprint density at radius 3 is 0.789 bits per heavy atom. The number of rotatable bonds is 83. The molecule has 0 fully saturated rings. The van der Waals surface area contributed by atoms with Crippen LogP contribution in [-0.2, 0) is 55.8 Å². The van der Waals surface area contributed by atoms with Crippen molar-refractivity contribution in [2.75, 3.05) is 39.6 Å². The molecule has 0 aromatic heterocycles. The Morgan fingerprint density at radius 1 is 0.266 bits per heavy atom. The van der Waals surface area contributed by atoms with E-state index in [0.717, 1.165) is 135 Å². The van der Waals surface area contributed by atoms with Gasteiger partial charge in [-0.05, 0) is 116 Å². The number of hydrogen-bond donors (Lipinski definition) is 4. The minimum Gasteiger partial charge on any atom is -0.463 e. The molecule has 0 aliphatic carbocycles. The third-order valence-corrected chi connectivity index (χ3v) is 20.6. The average molecular weight is 1570 g/mol. The van der Waals surface area contributed by atoms with Crippen molar-refractivity contribution in [1.82, 2.24) is 0 Å². The van der Waals surface area contributed by atoms with Crippen molar-refractivity contribution in [3.8, 4) is 0 Å². The van der Waals surface area contributed by atoms with Crippen LogP contribution in [0, 0.1) is 0 Å². The summed E-state index contributed by atoms with van der Waals surface area (Å²) in [6.07, 6.45) is 101. The third kappa shape index (κ3) is 84.7. The topological polar surface area (TPSA) is 231 Å². The van der Waals surface area contributed by atoms with Gasteiger partial charge in [0.1, 0.15) is 25.4 Å². The molecule has 0 spiro atoms. The number of hydrogen-bond acceptors (Lipinski definition) is 14. The molecule has 5 unspecified atom stereocenters. The van der Waals surface area contributed by atoms with E-state index >= 15 is 0 Å². The number of ether oxygens (including phenoxy) is 3. The van der Waals surface area contributed by atoms with E-state index in [0.29, 0.717) is 19.3 Å². The lowest BCUT2D eigenvalue weighted by Gasteiger charge is -2.21. The summed E-state index contributed by atoms with van der Waals surface area (Å²) in [5.41, 5.74) is 0. The molecule has 5 atom stereocenters. The zero-order valence-corrected chi connectivity index (χ0v) is 71.0. The van der Waals surface area contributed by atoms with Crippen LogP contribution in [0.3, 0.4) is 0 Å². The number of carbonyl (C=O) groups excluding carboxylic acids is 3. The standard InChI is InChI=1S/C91H160O16P2/c1-4-7-10-13-16-19-22-25-27-29-31-33-35-37-39-41-42-44-46-47-49-51-53-55-57-60-62-65-68-71-74-77-89(94)101-80-86(92)81-103-108(97,98)104-82-87(93)83-105-109(99,100)106-85-88(107-91(96)79-76-73-70-67-64-59-24-21-18-15-12-9-6-3)84-102-90(95)78-75-72-69-66-63-61-58-56-54-52-50-48-45-43-40-38-36-34-32-30-28-26-23-20-17-14-11-8-5-2/h8,11,16-17,19-20,25-28,31-34,37-40,45,48,86-88,92-93H,4-7,9-10,12-15,18,21-24,29-30,35-36,41-44,46-47,49-85H2,1-3H3,(H,97,98)(H,99,100)/b11-8-,19-16-,20-17-,27-25-,28-26-,33-31-,34-32-,39-37-,40-38-,48-45-. The summed E-state index contributed by atoms with van der Waals surface area (Å²) >= 11 is 0. The summed E-state index contributed by atoms with van der Waals surface area (Å²) in [7, 11) is -9.79. The van der Waals surface area contributed by atoms with Gasteiger partial charge in [-0.1, -0.05) is 367 Å². The normalized spacial score (nSPS) is 14.4. The highest BCUT2D eigenvalue weighted by Crippen LogP contribution is 2.45. The minimum atomic E-state index is -4.93. The lowest BCUT2D eigenvalue weighted by molar-refractivity contribution is -0.161. The molecule has 0 aliphatic heterocycles. The summed E-state index contributed by atoms with van der Waals surface area (Å²) in [4.78, 5) is 58.8. The van der Waals surface area contributed by atoms with Crippen molar-refractivity contribution in [2.45, 2.75) is 399 Å². The Hall–Kier alpha value is -4.05. The van der Waals surface area contributed by atoms with Gasteiger partial charge in [-0.25, -0.2) is 9.13 Å². The van der Waals surface area contributed by atoms with Gasteiger partial charge in [-0.2, -0.15) is 0 Å². The van der Waals surface area contributed by atoms with Crippen LogP contribution < -0.4 is 0 Å². The fourth-order valence-electron chi connectivity index (χ4n) is 12.0. The van der Waals surface area contributed by atoms with Gasteiger partial charge < -0.3 is 34.2 Å². The van der Waals surface area contributed by atoms with Gasteiger partial charge in [-0.15, -0.1) is 0 Å². The number of allylic oxidation sites excluding steroid dienone is 20. The number of aliphatic hydroxyl groups is 2. The second kappa shape index (κ2) is 83.4. The van der Waals surface area contributed by atoms with Gasteiger partial charge in [0, 0.05) is 19.3 Å². The summed E-state index contributed by atoms with van der Waals surface area (Å²) in [5, 5.41) is 20.7. The van der Waals surface area contributed by atoms with Crippen molar-refractivity contribution >= 4 is 33.6 Å². The van der Waals surface area contributed by atoms with E-state index in [2.05, 4.69) is 142 Å². The van der Waals surface area contributed by atoms with Crippen LogP contribution in [0.1, 0.15) is 380 Å². The van der Waals surface area contributed by atoms with E-state index < -0.39 is 91.5 Å². The SMILES string of the molecule is CC/C=C\C/C=C\C/C=C\C/C=C\C/C=C\C/C=C\CCCCCCCCCCCCC(=O)OCC(COP(=O)(O)OCC(O)COP(=O)(O)OCC(O)COC(=O)CCCCCCCCCCCCCCCCC/C=C\C/C=C\C/C=C\C/C=C\CCCCC)OC(=O)CCCCCCCCCCCCCCC. The first-order valence-electron chi connectivity index (χ1n) is 43.8. The lowest BCUT2D eigenvalue weighted by Crippen LogP contribution is -2.30. The maximum Gasteiger partial charge on any atom is 0.472 e. The molecule has 0 saturated carbocycles. The zero-order valence-electron chi connectivity index (χ0n) is 69.2. The van der Waals surface area contributed by atoms with Gasteiger partial charge in [0.15, 0.2) is 6.10 Å². The first kappa shape index (κ1) is 105. The zero-order chi connectivity index (χ0) is 79.4. The molecule has 18 heteroatoms. The van der Waals surface area contributed by atoms with E-state index in [1.807, 2.05) is 0 Å². The molecule has 0 saturated heterocycles. The number of esters is 3. The van der Waals surface area contributed by atoms with Gasteiger partial charge in [-0.3, -0.25) is 32.5 Å². The van der Waals surface area contributed by atoms with Gasteiger partial charge in [0.25, 0.3) is 0 Å². The lowest BCUT2D eigenvalue weighted by atomic mass is 10.0. The van der Waals surface area contributed by atoms with E-state index in [9.17, 15) is 43.5 Å². The molecule has 0 bridgehead atoms. The predicted octanol–water partition coefficient (Wildman–Crippen LogP) is 26.4. The average Bonchev–Trinajstić information content (AvgIpc) is 0.901. The van der Waals surface area contributed by atoms with Crippen LogP contribution in [0.5, 0.6) is 0 Å². The fourth-order valence-corrected chi connectivity index (χ4v) is 13.6. The number of carbonyl (C=O) groups is 3. The molecule has 0 aromatic carbocycles. The molecule has 109 heavy (non-hydrogen) atoms. The number of aliphatic hydroxyl groups excluding tert-OH is 2. The summed E-state index contributed by atoms with van der Waals surface area (Å²) in [5.74, 6) is -1.56. The predicted molar refractivity (Wildman–Crippen MR) is 454 cm³/mol. The molecule has 4 N–H and O–H groups in total. The van der Waals surface area contributed by atoms with Gasteiger partial charge >= 0.3 is 33.6 Å². The van der Waals surface area contributed by atoms with E-state index in [1.165, 1.54) is 186 Å². The maximum atomic E-state index is 13.0. The van der Waals surface area contributed by atoms with E-state index in [4.69, 9.17) is 32.3 Å². The summed E-state index contributed by atoms with van der Waals surface area (Å²) in [6, 6.07) is 0. The van der Waals surface area contributed by atoms with Crippen LogP contribution in [0.4, 0.5) is 0 Å². The Morgan fingerprint density at radius 2 is 0.486 bits per heavy atom. The van der Waals surface area contributed by atoms with Crippen LogP contribution >= 0.6 is 15.6 Å². The fraction of sp³-hybridized carbons (Fsp3) is 0.747. The molecule has 0 aromatic rings. The van der Waals surface area contributed by atoms with Crippen molar-refractivity contribution in [1.29, 1.82) is 0 Å². The molecule has 0 amide bonds. The third-order valence-electron chi connectivity index (χ3n) is 18.7. The van der Waals surface area contributed by atoms with Crippen molar-refractivity contribution < 1.29 is 75.8 Å². The van der Waals surface area contributed by atoms with Crippen molar-refractivity contribution in [3.63, 3.8) is 0 Å². The number of phosphoric ester groups is 2. The second-order valence-electron chi connectivity index (χ2n) is 29.3. The van der Waals surface area contributed by atoms with Gasteiger partial charge in [0.2, 0.25) is 0 Å². The monoisotopic (exact) mass is 1570 g/mol. The van der Waals surface area contributed by atoms with E-state index in [-0.39, 0.29) is 19.3 Å². The maximum absolute atomic E-state index is 13.0. The molecular formula is C91H160O16P2. The van der Waals surface area contributed by atoms with Crippen molar-refractivity contribution in [2.24, 2.45) is 0 Å². The van der Waals surface area contributed by atoms with Crippen LogP contribution in [-0.4, -0.2) is 95.9 Å². The Balaban J connectivity index is 4.44. The highest BCUT2D eigenvalue weighted by molar-refractivity contribution is 7.47. The minimum absolute atomic E-state index is 0.106. The molecule has 0 radical (unpaired) electrons. The first-order valence-corrected chi connectivity index (χ1v) is 46.8. The van der Waals surface area contributed by atoms with Crippen LogP contribution in [0.25, 0.3) is 0 Å². The Bertz CT molecular complexity index is 2460. The highest BCUT2D eigenvalue weighted by Gasteiger charge is 2.29.